The van der Waals surface area contributed by atoms with E-state index in [1.54, 1.807) is 25.2 Å². The van der Waals surface area contributed by atoms with Crippen molar-refractivity contribution in [3.63, 3.8) is 0 Å². The molecule has 7 heteroatoms. The Hall–Kier alpha value is -1.40. The predicted octanol–water partition coefficient (Wildman–Crippen LogP) is 3.82. The first kappa shape index (κ1) is 13.0. The van der Waals surface area contributed by atoms with Gasteiger partial charge in [-0.2, -0.15) is 4.98 Å². The summed E-state index contributed by atoms with van der Waals surface area (Å²) in [4.78, 5) is 7.75. The molecule has 0 spiro atoms. The van der Waals surface area contributed by atoms with Gasteiger partial charge in [0.05, 0.1) is 11.9 Å². The van der Waals surface area contributed by atoms with Crippen LogP contribution < -0.4 is 10.6 Å². The van der Waals surface area contributed by atoms with Gasteiger partial charge in [0.2, 0.25) is 5.95 Å². The molecule has 2 N–H and O–H groups in total. The third-order valence-electron chi connectivity index (χ3n) is 2.15. The number of anilines is 3. The van der Waals surface area contributed by atoms with Crippen molar-refractivity contribution >= 4 is 45.0 Å². The molecule has 0 saturated carbocycles. The molecule has 0 unspecified atom stereocenters. The highest BCUT2D eigenvalue weighted by atomic mass is 79.9. The van der Waals surface area contributed by atoms with E-state index < -0.39 is 5.82 Å². The topological polar surface area (TPSA) is 49.8 Å². The molecule has 4 nitrogen and oxygen atoms in total. The molecule has 0 atom stereocenters. The zero-order chi connectivity index (χ0) is 13.1. The molecule has 2 rings (SSSR count). The number of benzene rings is 1. The molecule has 1 heterocycles. The monoisotopic (exact) mass is 330 g/mol. The number of aromatic nitrogens is 2. The highest BCUT2D eigenvalue weighted by Gasteiger charge is 2.08. The quantitative estimate of drug-likeness (QED) is 0.898. The maximum atomic E-state index is 13.6. The number of rotatable bonds is 3. The van der Waals surface area contributed by atoms with Gasteiger partial charge in [-0.3, -0.25) is 0 Å². The molecule has 2 aromatic rings. The van der Waals surface area contributed by atoms with Crippen LogP contribution in [-0.2, 0) is 0 Å². The smallest absolute Gasteiger partial charge is 0.224 e. The molecule has 0 amide bonds. The predicted molar refractivity (Wildman–Crippen MR) is 74.0 cm³/mol. The van der Waals surface area contributed by atoms with E-state index in [0.717, 1.165) is 10.7 Å². The van der Waals surface area contributed by atoms with Crippen LogP contribution in [0.4, 0.5) is 21.8 Å². The van der Waals surface area contributed by atoms with Crippen LogP contribution in [-0.4, -0.2) is 17.0 Å². The summed E-state index contributed by atoms with van der Waals surface area (Å²) in [5.74, 6) is -0.129. The molecule has 1 aromatic carbocycles. The molecule has 0 fully saturated rings. The number of nitrogens with one attached hydrogen (secondary N) is 2. The van der Waals surface area contributed by atoms with Crippen molar-refractivity contribution in [2.24, 2.45) is 0 Å². The highest BCUT2D eigenvalue weighted by molar-refractivity contribution is 9.10. The second kappa shape index (κ2) is 5.49. The first-order valence-electron chi connectivity index (χ1n) is 5.02. The lowest BCUT2D eigenvalue weighted by Crippen LogP contribution is -2.03. The van der Waals surface area contributed by atoms with E-state index in [1.165, 1.54) is 0 Å². The third kappa shape index (κ3) is 2.88. The first-order valence-corrected chi connectivity index (χ1v) is 6.19. The van der Waals surface area contributed by atoms with Crippen molar-refractivity contribution < 1.29 is 4.39 Å². The van der Waals surface area contributed by atoms with Crippen LogP contribution >= 0.6 is 27.5 Å². The molecular weight excluding hydrogens is 323 g/mol. The van der Waals surface area contributed by atoms with Crippen molar-refractivity contribution in [3.8, 4) is 0 Å². The van der Waals surface area contributed by atoms with E-state index in [9.17, 15) is 4.39 Å². The van der Waals surface area contributed by atoms with E-state index in [1.807, 2.05) is 0 Å². The fourth-order valence-corrected chi connectivity index (χ4v) is 1.81. The maximum Gasteiger partial charge on any atom is 0.224 e. The Morgan fingerprint density at radius 3 is 2.89 bits per heavy atom. The van der Waals surface area contributed by atoms with Gasteiger partial charge in [-0.15, -0.1) is 0 Å². The minimum atomic E-state index is -0.541. The number of nitrogens with zero attached hydrogens (tertiary/aromatic N) is 2. The van der Waals surface area contributed by atoms with Crippen molar-refractivity contribution in [1.82, 2.24) is 9.97 Å². The maximum absolute atomic E-state index is 13.6. The molecule has 0 aliphatic heterocycles. The number of hydrogen-bond donors (Lipinski definition) is 2. The van der Waals surface area contributed by atoms with Gasteiger partial charge in [-0.05, 0) is 34.1 Å². The first-order chi connectivity index (χ1) is 8.60. The average Bonchev–Trinajstić information content (AvgIpc) is 2.36. The van der Waals surface area contributed by atoms with Crippen LogP contribution in [0.2, 0.25) is 5.02 Å². The molecular formula is C11H9BrClFN4. The fraction of sp³-hybridized carbons (Fsp3) is 0.0909. The Balaban J connectivity index is 2.36. The summed E-state index contributed by atoms with van der Waals surface area (Å²) in [7, 11) is 1.66. The van der Waals surface area contributed by atoms with E-state index in [2.05, 4.69) is 36.5 Å². The Labute approximate surface area is 117 Å². The molecule has 0 aliphatic rings. The number of halogens is 3. The Kier molecular flexibility index (Phi) is 3.98. The van der Waals surface area contributed by atoms with E-state index in [0.29, 0.717) is 16.7 Å². The lowest BCUT2D eigenvalue weighted by Gasteiger charge is -2.09. The summed E-state index contributed by atoms with van der Waals surface area (Å²) in [6, 6.07) is 5.17. The van der Waals surface area contributed by atoms with Crippen LogP contribution in [0.15, 0.2) is 28.9 Å². The minimum Gasteiger partial charge on any atom is -0.357 e. The SMILES string of the molecule is CNc1ncc(F)c(Nc2cc(Cl)ccc2Br)n1. The lowest BCUT2D eigenvalue weighted by molar-refractivity contribution is 0.619. The van der Waals surface area contributed by atoms with Gasteiger partial charge >= 0.3 is 0 Å². The van der Waals surface area contributed by atoms with Crippen molar-refractivity contribution in [2.75, 3.05) is 17.7 Å². The standard InChI is InChI=1S/C11H9BrClFN4/c1-15-11-16-5-8(14)10(18-11)17-9-4-6(13)2-3-7(9)12/h2-5H,1H3,(H2,15,16,17,18). The Morgan fingerprint density at radius 1 is 1.39 bits per heavy atom. The normalized spacial score (nSPS) is 10.2. The second-order valence-electron chi connectivity index (χ2n) is 3.39. The van der Waals surface area contributed by atoms with Gasteiger partial charge < -0.3 is 10.6 Å². The summed E-state index contributed by atoms with van der Waals surface area (Å²) in [5, 5.41) is 6.14. The second-order valence-corrected chi connectivity index (χ2v) is 4.68. The molecule has 0 aliphatic carbocycles. The van der Waals surface area contributed by atoms with E-state index in [-0.39, 0.29) is 5.82 Å². The van der Waals surface area contributed by atoms with Crippen LogP contribution in [0, 0.1) is 5.82 Å². The van der Waals surface area contributed by atoms with Gasteiger partial charge in [-0.25, -0.2) is 9.37 Å². The lowest BCUT2D eigenvalue weighted by atomic mass is 10.3. The summed E-state index contributed by atoms with van der Waals surface area (Å²) < 4.78 is 14.3. The molecule has 0 radical (unpaired) electrons. The molecule has 18 heavy (non-hydrogen) atoms. The molecule has 94 valence electrons. The van der Waals surface area contributed by atoms with Gasteiger partial charge in [0.25, 0.3) is 0 Å². The van der Waals surface area contributed by atoms with Crippen LogP contribution in [0.3, 0.4) is 0 Å². The summed E-state index contributed by atoms with van der Waals surface area (Å²) in [6.45, 7) is 0. The Bertz CT molecular complexity index is 579. The average molecular weight is 332 g/mol. The van der Waals surface area contributed by atoms with Crippen molar-refractivity contribution in [2.45, 2.75) is 0 Å². The summed E-state index contributed by atoms with van der Waals surface area (Å²) >= 11 is 9.23. The van der Waals surface area contributed by atoms with Crippen LogP contribution in [0.1, 0.15) is 0 Å². The van der Waals surface area contributed by atoms with Crippen LogP contribution in [0.25, 0.3) is 0 Å². The van der Waals surface area contributed by atoms with Crippen molar-refractivity contribution in [3.05, 3.63) is 39.7 Å². The largest absolute Gasteiger partial charge is 0.357 e. The minimum absolute atomic E-state index is 0.0808. The van der Waals surface area contributed by atoms with E-state index in [4.69, 9.17) is 11.6 Å². The van der Waals surface area contributed by atoms with Gasteiger partial charge in [0, 0.05) is 16.5 Å². The zero-order valence-electron chi connectivity index (χ0n) is 9.34. The number of hydrogen-bond acceptors (Lipinski definition) is 4. The third-order valence-corrected chi connectivity index (χ3v) is 3.08. The summed E-state index contributed by atoms with van der Waals surface area (Å²) in [6.07, 6.45) is 1.10. The fourth-order valence-electron chi connectivity index (χ4n) is 1.30. The van der Waals surface area contributed by atoms with Gasteiger partial charge in [0.1, 0.15) is 0 Å². The summed E-state index contributed by atoms with van der Waals surface area (Å²) in [5.41, 5.74) is 0.627. The van der Waals surface area contributed by atoms with Crippen LogP contribution in [0.5, 0.6) is 0 Å². The van der Waals surface area contributed by atoms with Gasteiger partial charge in [-0.1, -0.05) is 11.6 Å². The zero-order valence-corrected chi connectivity index (χ0v) is 11.7. The Morgan fingerprint density at radius 2 is 2.17 bits per heavy atom. The van der Waals surface area contributed by atoms with E-state index >= 15 is 0 Å². The van der Waals surface area contributed by atoms with Gasteiger partial charge in [0.15, 0.2) is 11.6 Å². The highest BCUT2D eigenvalue weighted by Crippen LogP contribution is 2.29. The molecule has 1 aromatic heterocycles. The van der Waals surface area contributed by atoms with Crippen molar-refractivity contribution in [1.29, 1.82) is 0 Å². The molecule has 0 saturated heterocycles. The molecule has 0 bridgehead atoms.